The Morgan fingerprint density at radius 1 is 0.857 bits per heavy atom. The summed E-state index contributed by atoms with van der Waals surface area (Å²) in [7, 11) is 0. The molecule has 2 amide bonds. The van der Waals surface area contributed by atoms with Gasteiger partial charge >= 0.3 is 0 Å². The Morgan fingerprint density at radius 3 is 1.79 bits per heavy atom. The van der Waals surface area contributed by atoms with Gasteiger partial charge in [0.2, 0.25) is 11.8 Å². The van der Waals surface area contributed by atoms with Gasteiger partial charge in [0.15, 0.2) is 0 Å². The Labute approximate surface area is 165 Å². The number of rotatable bonds is 4. The summed E-state index contributed by atoms with van der Waals surface area (Å²) in [5.41, 5.74) is 1.64. The van der Waals surface area contributed by atoms with Gasteiger partial charge < -0.3 is 9.80 Å². The molecule has 0 atom stereocenters. The molecule has 28 heavy (non-hydrogen) atoms. The summed E-state index contributed by atoms with van der Waals surface area (Å²) in [6, 6.07) is 7.68. The summed E-state index contributed by atoms with van der Waals surface area (Å²) < 4.78 is 0. The molecule has 2 fully saturated rings. The van der Waals surface area contributed by atoms with Gasteiger partial charge in [0.1, 0.15) is 17.6 Å². The first kappa shape index (κ1) is 18.9. The summed E-state index contributed by atoms with van der Waals surface area (Å²) in [6.07, 6.45) is 4.94. The maximum Gasteiger partial charge on any atom is 0.246 e. The summed E-state index contributed by atoms with van der Waals surface area (Å²) >= 11 is 0. The van der Waals surface area contributed by atoms with Crippen molar-refractivity contribution in [3.8, 4) is 0 Å². The summed E-state index contributed by atoms with van der Waals surface area (Å²) in [6.45, 7) is 5.57. The molecule has 1 aromatic heterocycles. The van der Waals surface area contributed by atoms with Crippen LogP contribution in [0, 0.1) is 11.8 Å². The number of carbonyl (C=O) groups excluding carboxylic acids is 2. The van der Waals surface area contributed by atoms with E-state index in [-0.39, 0.29) is 18.4 Å². The van der Waals surface area contributed by atoms with E-state index in [4.69, 9.17) is 0 Å². The first-order valence-electron chi connectivity index (χ1n) is 10.5. The Balaban J connectivity index is 1.26. The van der Waals surface area contributed by atoms with Gasteiger partial charge in [-0.1, -0.05) is 19.1 Å². The van der Waals surface area contributed by atoms with Gasteiger partial charge in [-0.15, -0.1) is 0 Å². The zero-order valence-electron chi connectivity index (χ0n) is 16.6. The van der Waals surface area contributed by atoms with Crippen LogP contribution < -0.4 is 0 Å². The standard InChI is InChI=1S/C21H29N5O2/c1-2-20(27)24-11-7-16(8-12-24)17-9-13-25(14-10-17)21(28)15-26-22-18-5-3-4-6-19(18)23-26/h3-6,16-17H,2,7-15H2,1H3. The molecule has 0 saturated carbocycles. The molecule has 2 aliphatic rings. The third-order valence-corrected chi connectivity index (χ3v) is 6.36. The number of aromatic nitrogens is 3. The Kier molecular flexibility index (Phi) is 5.59. The monoisotopic (exact) mass is 383 g/mol. The lowest BCUT2D eigenvalue weighted by Crippen LogP contribution is -2.44. The number of benzene rings is 1. The van der Waals surface area contributed by atoms with E-state index in [2.05, 4.69) is 10.2 Å². The van der Waals surface area contributed by atoms with Crippen LogP contribution in [0.3, 0.4) is 0 Å². The van der Waals surface area contributed by atoms with E-state index < -0.39 is 0 Å². The van der Waals surface area contributed by atoms with Crippen molar-refractivity contribution in [3.63, 3.8) is 0 Å². The fourth-order valence-electron chi connectivity index (χ4n) is 4.66. The van der Waals surface area contributed by atoms with Gasteiger partial charge in [-0.3, -0.25) is 9.59 Å². The average Bonchev–Trinajstić information content (AvgIpc) is 3.15. The third kappa shape index (κ3) is 4.03. The highest BCUT2D eigenvalue weighted by molar-refractivity contribution is 5.77. The molecule has 0 radical (unpaired) electrons. The molecule has 3 heterocycles. The minimum Gasteiger partial charge on any atom is -0.343 e. The molecule has 2 saturated heterocycles. The van der Waals surface area contributed by atoms with Gasteiger partial charge in [0, 0.05) is 32.6 Å². The fourth-order valence-corrected chi connectivity index (χ4v) is 4.66. The Hall–Kier alpha value is -2.44. The number of hydrogen-bond donors (Lipinski definition) is 0. The molecule has 7 heteroatoms. The van der Waals surface area contributed by atoms with Crippen LogP contribution in [-0.4, -0.2) is 62.8 Å². The smallest absolute Gasteiger partial charge is 0.246 e. The van der Waals surface area contributed by atoms with E-state index in [0.29, 0.717) is 18.3 Å². The minimum absolute atomic E-state index is 0.0992. The number of fused-ring (bicyclic) bond motifs is 1. The lowest BCUT2D eigenvalue weighted by Gasteiger charge is -2.40. The van der Waals surface area contributed by atoms with Crippen LogP contribution in [0.5, 0.6) is 0 Å². The molecular weight excluding hydrogens is 354 g/mol. The predicted octanol–water partition coefficient (Wildman–Crippen LogP) is 2.32. The molecule has 1 aromatic carbocycles. The van der Waals surface area contributed by atoms with E-state index in [1.54, 1.807) is 0 Å². The highest BCUT2D eigenvalue weighted by atomic mass is 16.2. The lowest BCUT2D eigenvalue weighted by molar-refractivity contribution is -0.135. The predicted molar refractivity (Wildman–Crippen MR) is 106 cm³/mol. The van der Waals surface area contributed by atoms with E-state index in [9.17, 15) is 9.59 Å². The maximum atomic E-state index is 12.7. The maximum absolute atomic E-state index is 12.7. The first-order valence-corrected chi connectivity index (χ1v) is 10.5. The largest absolute Gasteiger partial charge is 0.343 e. The molecule has 2 aliphatic heterocycles. The number of piperidine rings is 2. The highest BCUT2D eigenvalue weighted by Crippen LogP contribution is 2.32. The van der Waals surface area contributed by atoms with Crippen LogP contribution in [-0.2, 0) is 16.1 Å². The first-order chi connectivity index (χ1) is 13.6. The molecular formula is C21H29N5O2. The van der Waals surface area contributed by atoms with Gasteiger partial charge in [-0.05, 0) is 49.7 Å². The summed E-state index contributed by atoms with van der Waals surface area (Å²) in [4.78, 5) is 30.0. The van der Waals surface area contributed by atoms with Crippen LogP contribution in [0.4, 0.5) is 0 Å². The van der Waals surface area contributed by atoms with Crippen LogP contribution in [0.25, 0.3) is 11.0 Å². The zero-order chi connectivity index (χ0) is 19.5. The summed E-state index contributed by atoms with van der Waals surface area (Å²) in [5.74, 6) is 1.74. The number of likely N-dealkylation sites (tertiary alicyclic amines) is 2. The molecule has 0 bridgehead atoms. The average molecular weight is 383 g/mol. The van der Waals surface area contributed by atoms with Crippen molar-refractivity contribution in [3.05, 3.63) is 24.3 Å². The van der Waals surface area contributed by atoms with E-state index >= 15 is 0 Å². The van der Waals surface area contributed by atoms with Gasteiger partial charge in [0.25, 0.3) is 0 Å². The number of nitrogens with zero attached hydrogens (tertiary/aromatic N) is 5. The van der Waals surface area contributed by atoms with E-state index in [0.717, 1.165) is 62.9 Å². The molecule has 0 unspecified atom stereocenters. The minimum atomic E-state index is 0.0992. The van der Waals surface area contributed by atoms with Crippen molar-refractivity contribution >= 4 is 22.8 Å². The quantitative estimate of drug-likeness (QED) is 0.812. The van der Waals surface area contributed by atoms with Crippen molar-refractivity contribution in [2.24, 2.45) is 11.8 Å². The second-order valence-electron chi connectivity index (χ2n) is 8.01. The van der Waals surface area contributed by atoms with Crippen molar-refractivity contribution in [1.82, 2.24) is 24.8 Å². The SMILES string of the molecule is CCC(=O)N1CCC(C2CCN(C(=O)Cn3nc4ccccc4n3)CC2)CC1. The second-order valence-corrected chi connectivity index (χ2v) is 8.01. The molecule has 0 aliphatic carbocycles. The van der Waals surface area contributed by atoms with Crippen LogP contribution >= 0.6 is 0 Å². The molecule has 150 valence electrons. The van der Waals surface area contributed by atoms with Crippen LogP contribution in [0.1, 0.15) is 39.0 Å². The molecule has 2 aromatic rings. The van der Waals surface area contributed by atoms with E-state index in [1.165, 1.54) is 4.80 Å². The zero-order valence-corrected chi connectivity index (χ0v) is 16.6. The molecule has 0 spiro atoms. The van der Waals surface area contributed by atoms with Gasteiger partial charge in [0.05, 0.1) is 0 Å². The second kappa shape index (κ2) is 8.29. The third-order valence-electron chi connectivity index (χ3n) is 6.36. The Morgan fingerprint density at radius 2 is 1.32 bits per heavy atom. The lowest BCUT2D eigenvalue weighted by atomic mass is 9.78. The molecule has 0 N–H and O–H groups in total. The van der Waals surface area contributed by atoms with Crippen LogP contribution in [0.15, 0.2) is 24.3 Å². The normalized spacial score (nSPS) is 19.3. The van der Waals surface area contributed by atoms with Gasteiger partial charge in [-0.25, -0.2) is 0 Å². The fraction of sp³-hybridized carbons (Fsp3) is 0.619. The molecule has 4 rings (SSSR count). The number of hydrogen-bond acceptors (Lipinski definition) is 4. The van der Waals surface area contributed by atoms with Crippen molar-refractivity contribution < 1.29 is 9.59 Å². The molecule has 7 nitrogen and oxygen atoms in total. The van der Waals surface area contributed by atoms with Crippen molar-refractivity contribution in [2.45, 2.75) is 45.6 Å². The van der Waals surface area contributed by atoms with Crippen molar-refractivity contribution in [2.75, 3.05) is 26.2 Å². The van der Waals surface area contributed by atoms with Crippen LogP contribution in [0.2, 0.25) is 0 Å². The van der Waals surface area contributed by atoms with E-state index in [1.807, 2.05) is 41.0 Å². The number of amides is 2. The Bertz CT molecular complexity index is 799. The topological polar surface area (TPSA) is 71.3 Å². The summed E-state index contributed by atoms with van der Waals surface area (Å²) in [5, 5.41) is 8.78. The van der Waals surface area contributed by atoms with Gasteiger partial charge in [-0.2, -0.15) is 15.0 Å². The highest BCUT2D eigenvalue weighted by Gasteiger charge is 2.31. The number of carbonyl (C=O) groups is 2. The van der Waals surface area contributed by atoms with Crippen molar-refractivity contribution in [1.29, 1.82) is 0 Å².